The average molecular weight is 340 g/mol. The van der Waals surface area contributed by atoms with Crippen LogP contribution in [0.15, 0.2) is 33.9 Å². The molecule has 1 saturated heterocycles. The highest BCUT2D eigenvalue weighted by atomic mass is 16.5. The van der Waals surface area contributed by atoms with E-state index in [1.165, 1.54) is 11.6 Å². The van der Waals surface area contributed by atoms with Crippen molar-refractivity contribution in [3.63, 3.8) is 0 Å². The largest absolute Gasteiger partial charge is 0.497 e. The van der Waals surface area contributed by atoms with Crippen LogP contribution in [0.1, 0.15) is 30.0 Å². The summed E-state index contributed by atoms with van der Waals surface area (Å²) in [6.07, 6.45) is 1.81. The Kier molecular flexibility index (Phi) is 4.36. The topological polar surface area (TPSA) is 80.3 Å². The summed E-state index contributed by atoms with van der Waals surface area (Å²) < 4.78 is 7.56. The Labute approximate surface area is 145 Å². The summed E-state index contributed by atoms with van der Waals surface area (Å²) >= 11 is 0. The van der Waals surface area contributed by atoms with Crippen LogP contribution >= 0.6 is 0 Å². The fraction of sp³-hybridized carbons (Fsp3) is 0.389. The van der Waals surface area contributed by atoms with Crippen LogP contribution < -0.4 is 20.9 Å². The molecule has 0 N–H and O–H groups in total. The van der Waals surface area contributed by atoms with Crippen LogP contribution in [-0.2, 0) is 14.1 Å². The van der Waals surface area contributed by atoms with Crippen molar-refractivity contribution in [2.45, 2.75) is 18.9 Å². The molecule has 3 rings (SSSR count). The fourth-order valence-electron chi connectivity index (χ4n) is 3.46. The SMILES string of the molecule is COc1ccc(C2CCCN2c2c(C#N)c(=O)n(C)c(=O)n2C)cc1. The Morgan fingerprint density at radius 1 is 1.16 bits per heavy atom. The summed E-state index contributed by atoms with van der Waals surface area (Å²) in [6.45, 7) is 0.686. The van der Waals surface area contributed by atoms with Gasteiger partial charge in [0, 0.05) is 20.6 Å². The van der Waals surface area contributed by atoms with Crippen LogP contribution in [0.4, 0.5) is 5.82 Å². The smallest absolute Gasteiger partial charge is 0.332 e. The van der Waals surface area contributed by atoms with E-state index in [0.717, 1.165) is 28.7 Å². The lowest BCUT2D eigenvalue weighted by Gasteiger charge is -2.29. The molecule has 1 aromatic heterocycles. The van der Waals surface area contributed by atoms with Gasteiger partial charge in [-0.3, -0.25) is 13.9 Å². The third-order valence-electron chi connectivity index (χ3n) is 4.77. The third kappa shape index (κ3) is 2.70. The molecule has 1 aliphatic heterocycles. The highest BCUT2D eigenvalue weighted by Gasteiger charge is 2.31. The van der Waals surface area contributed by atoms with Gasteiger partial charge in [0.1, 0.15) is 17.6 Å². The Bertz CT molecular complexity index is 951. The van der Waals surface area contributed by atoms with Crippen molar-refractivity contribution in [3.8, 4) is 11.8 Å². The molecule has 0 aliphatic carbocycles. The molecule has 1 aliphatic rings. The maximum absolute atomic E-state index is 12.4. The minimum absolute atomic E-state index is 0.00464. The lowest BCUT2D eigenvalue weighted by atomic mass is 10.0. The molecule has 1 aromatic carbocycles. The number of anilines is 1. The minimum atomic E-state index is -0.555. The van der Waals surface area contributed by atoms with Crippen LogP contribution in [0.5, 0.6) is 5.75 Å². The van der Waals surface area contributed by atoms with Gasteiger partial charge in [0.25, 0.3) is 5.56 Å². The van der Waals surface area contributed by atoms with Gasteiger partial charge in [0.15, 0.2) is 5.56 Å². The van der Waals surface area contributed by atoms with Crippen LogP contribution in [0, 0.1) is 11.3 Å². The maximum Gasteiger partial charge on any atom is 0.332 e. The molecule has 2 heterocycles. The number of ether oxygens (including phenoxy) is 1. The molecule has 7 nitrogen and oxygen atoms in total. The average Bonchev–Trinajstić information content (AvgIpc) is 3.12. The molecule has 1 fully saturated rings. The molecule has 0 bridgehead atoms. The van der Waals surface area contributed by atoms with E-state index in [1.807, 2.05) is 35.2 Å². The number of nitriles is 1. The summed E-state index contributed by atoms with van der Waals surface area (Å²) in [5, 5.41) is 9.50. The molecular formula is C18H20N4O3. The molecule has 130 valence electrons. The molecule has 0 spiro atoms. The second kappa shape index (κ2) is 6.48. The first-order chi connectivity index (χ1) is 12.0. The number of nitrogens with zero attached hydrogens (tertiary/aromatic N) is 4. The van der Waals surface area contributed by atoms with Gasteiger partial charge < -0.3 is 9.64 Å². The van der Waals surface area contributed by atoms with Crippen molar-refractivity contribution in [1.29, 1.82) is 5.26 Å². The first-order valence-corrected chi connectivity index (χ1v) is 8.10. The first kappa shape index (κ1) is 16.8. The molecule has 0 saturated carbocycles. The minimum Gasteiger partial charge on any atom is -0.497 e. The van der Waals surface area contributed by atoms with Crippen LogP contribution in [0.25, 0.3) is 0 Å². The summed E-state index contributed by atoms with van der Waals surface area (Å²) in [4.78, 5) is 26.7. The number of hydrogen-bond acceptors (Lipinski definition) is 5. The molecule has 2 aromatic rings. The summed E-state index contributed by atoms with van der Waals surface area (Å²) in [5.74, 6) is 1.17. The zero-order valence-corrected chi connectivity index (χ0v) is 14.5. The predicted octanol–water partition coefficient (Wildman–Crippen LogP) is 1.31. The highest BCUT2D eigenvalue weighted by molar-refractivity contribution is 5.56. The summed E-state index contributed by atoms with van der Waals surface area (Å²) in [7, 11) is 4.60. The van der Waals surface area contributed by atoms with E-state index >= 15 is 0 Å². The van der Waals surface area contributed by atoms with Gasteiger partial charge in [0.2, 0.25) is 0 Å². The zero-order valence-electron chi connectivity index (χ0n) is 14.5. The highest BCUT2D eigenvalue weighted by Crippen LogP contribution is 2.36. The van der Waals surface area contributed by atoms with E-state index in [0.29, 0.717) is 12.4 Å². The van der Waals surface area contributed by atoms with Crippen molar-refractivity contribution < 1.29 is 4.74 Å². The second-order valence-electron chi connectivity index (χ2n) is 6.14. The van der Waals surface area contributed by atoms with Crippen molar-refractivity contribution in [2.75, 3.05) is 18.6 Å². The Hall–Kier alpha value is -3.01. The molecular weight excluding hydrogens is 320 g/mol. The van der Waals surface area contributed by atoms with E-state index in [2.05, 4.69) is 0 Å². The molecule has 1 atom stereocenters. The number of methoxy groups -OCH3 is 1. The van der Waals surface area contributed by atoms with Gasteiger partial charge in [-0.1, -0.05) is 12.1 Å². The lowest BCUT2D eigenvalue weighted by Crippen LogP contribution is -2.42. The van der Waals surface area contributed by atoms with Crippen molar-refractivity contribution >= 4 is 5.82 Å². The zero-order chi connectivity index (χ0) is 18.1. The second-order valence-corrected chi connectivity index (χ2v) is 6.14. The first-order valence-electron chi connectivity index (χ1n) is 8.10. The molecule has 0 radical (unpaired) electrons. The van der Waals surface area contributed by atoms with Gasteiger partial charge in [-0.05, 0) is 30.5 Å². The summed E-state index contributed by atoms with van der Waals surface area (Å²) in [6, 6.07) is 9.73. The van der Waals surface area contributed by atoms with Crippen molar-refractivity contribution in [3.05, 3.63) is 56.2 Å². The molecule has 7 heteroatoms. The monoisotopic (exact) mass is 340 g/mol. The van der Waals surface area contributed by atoms with Crippen molar-refractivity contribution in [2.24, 2.45) is 14.1 Å². The van der Waals surface area contributed by atoms with Gasteiger partial charge >= 0.3 is 5.69 Å². The van der Waals surface area contributed by atoms with Gasteiger partial charge in [0.05, 0.1) is 13.2 Å². The quantitative estimate of drug-likeness (QED) is 0.841. The third-order valence-corrected chi connectivity index (χ3v) is 4.77. The normalized spacial score (nSPS) is 16.7. The number of benzene rings is 1. The lowest BCUT2D eigenvalue weighted by molar-refractivity contribution is 0.414. The van der Waals surface area contributed by atoms with Crippen LogP contribution in [-0.4, -0.2) is 22.8 Å². The standard InChI is InChI=1S/C18H20N4O3/c1-20-16(14(11-19)17(23)21(2)18(20)24)22-10-4-5-15(22)12-6-8-13(25-3)9-7-12/h6-9,15H,4-5,10H2,1-3H3. The number of aromatic nitrogens is 2. The molecule has 1 unspecified atom stereocenters. The maximum atomic E-state index is 12.4. The number of hydrogen-bond donors (Lipinski definition) is 0. The predicted molar refractivity (Wildman–Crippen MR) is 94.0 cm³/mol. The van der Waals surface area contributed by atoms with Gasteiger partial charge in [-0.25, -0.2) is 4.79 Å². The van der Waals surface area contributed by atoms with E-state index in [9.17, 15) is 14.9 Å². The van der Waals surface area contributed by atoms with Crippen LogP contribution in [0.2, 0.25) is 0 Å². The fourth-order valence-corrected chi connectivity index (χ4v) is 3.46. The Morgan fingerprint density at radius 2 is 1.84 bits per heavy atom. The number of rotatable bonds is 3. The van der Waals surface area contributed by atoms with Crippen molar-refractivity contribution in [1.82, 2.24) is 9.13 Å². The van der Waals surface area contributed by atoms with Crippen LogP contribution in [0.3, 0.4) is 0 Å². The Balaban J connectivity index is 2.13. The Morgan fingerprint density at radius 3 is 2.44 bits per heavy atom. The van der Waals surface area contributed by atoms with E-state index in [1.54, 1.807) is 14.2 Å². The molecule has 25 heavy (non-hydrogen) atoms. The van der Waals surface area contributed by atoms with E-state index in [-0.39, 0.29) is 11.6 Å². The van der Waals surface area contributed by atoms with E-state index < -0.39 is 11.2 Å². The van der Waals surface area contributed by atoms with E-state index in [4.69, 9.17) is 4.74 Å². The van der Waals surface area contributed by atoms with Gasteiger partial charge in [-0.15, -0.1) is 0 Å². The van der Waals surface area contributed by atoms with Gasteiger partial charge in [-0.2, -0.15) is 5.26 Å². The summed E-state index contributed by atoms with van der Waals surface area (Å²) in [5.41, 5.74) is 0.0840. The molecule has 0 amide bonds.